The molecule has 1 saturated carbocycles. The Labute approximate surface area is 101 Å². The van der Waals surface area contributed by atoms with Crippen molar-refractivity contribution in [1.29, 1.82) is 0 Å². The number of alkyl halides is 3. The topological polar surface area (TPSA) is 71.5 Å². The molecule has 0 atom stereocenters. The Morgan fingerprint density at radius 1 is 1.50 bits per heavy atom. The number of oxime groups is 1. The monoisotopic (exact) mass is 259 g/mol. The standard InChI is InChI=1S/C11H12F3N3O/c1-5-4-7(11(12,13)14)8(10(15)17-18)9(16-5)6-2-3-6/h4,6,18H,2-3H2,1H3,(H2,15,17). The van der Waals surface area contributed by atoms with E-state index in [0.717, 1.165) is 18.9 Å². The molecule has 0 aliphatic heterocycles. The van der Waals surface area contributed by atoms with E-state index in [1.54, 1.807) is 0 Å². The van der Waals surface area contributed by atoms with Gasteiger partial charge in [-0.3, -0.25) is 4.98 Å². The Kier molecular flexibility index (Phi) is 2.92. The van der Waals surface area contributed by atoms with Gasteiger partial charge >= 0.3 is 6.18 Å². The number of nitrogens with zero attached hydrogens (tertiary/aromatic N) is 2. The zero-order valence-electron chi connectivity index (χ0n) is 9.62. The summed E-state index contributed by atoms with van der Waals surface area (Å²) in [6.07, 6.45) is -3.00. The van der Waals surface area contributed by atoms with Crippen LogP contribution < -0.4 is 5.73 Å². The van der Waals surface area contributed by atoms with E-state index in [2.05, 4.69) is 10.1 Å². The average Bonchev–Trinajstić information content (AvgIpc) is 3.09. The summed E-state index contributed by atoms with van der Waals surface area (Å²) in [5.74, 6) is -0.571. The molecule has 18 heavy (non-hydrogen) atoms. The molecule has 7 heteroatoms. The number of hydrogen-bond acceptors (Lipinski definition) is 3. The lowest BCUT2D eigenvalue weighted by molar-refractivity contribution is -0.137. The fraction of sp³-hybridized carbons (Fsp3) is 0.455. The Balaban J connectivity index is 2.70. The van der Waals surface area contributed by atoms with Crippen molar-refractivity contribution in [2.24, 2.45) is 10.9 Å². The van der Waals surface area contributed by atoms with Gasteiger partial charge in [-0.15, -0.1) is 0 Å². The lowest BCUT2D eigenvalue weighted by Crippen LogP contribution is -2.23. The molecule has 4 nitrogen and oxygen atoms in total. The number of hydrogen-bond donors (Lipinski definition) is 2. The number of aromatic nitrogens is 1. The second-order valence-corrected chi connectivity index (χ2v) is 4.33. The summed E-state index contributed by atoms with van der Waals surface area (Å²) in [5, 5.41) is 11.3. The van der Waals surface area contributed by atoms with E-state index in [1.807, 2.05) is 0 Å². The molecule has 1 heterocycles. The quantitative estimate of drug-likeness (QED) is 0.371. The average molecular weight is 259 g/mol. The van der Waals surface area contributed by atoms with Crippen molar-refractivity contribution in [3.8, 4) is 0 Å². The van der Waals surface area contributed by atoms with E-state index in [9.17, 15) is 13.2 Å². The summed E-state index contributed by atoms with van der Waals surface area (Å²) in [7, 11) is 0. The van der Waals surface area contributed by atoms with E-state index in [1.165, 1.54) is 6.92 Å². The van der Waals surface area contributed by atoms with Gasteiger partial charge in [0.1, 0.15) is 0 Å². The molecule has 98 valence electrons. The van der Waals surface area contributed by atoms with Gasteiger partial charge in [0.2, 0.25) is 0 Å². The highest BCUT2D eigenvalue weighted by Crippen LogP contribution is 2.43. The minimum atomic E-state index is -4.55. The molecule has 0 spiro atoms. The van der Waals surface area contributed by atoms with Gasteiger partial charge in [0, 0.05) is 11.6 Å². The van der Waals surface area contributed by atoms with Gasteiger partial charge in [0.25, 0.3) is 0 Å². The first-order valence-electron chi connectivity index (χ1n) is 5.41. The van der Waals surface area contributed by atoms with E-state index < -0.39 is 17.6 Å². The van der Waals surface area contributed by atoms with Crippen molar-refractivity contribution in [1.82, 2.24) is 4.98 Å². The van der Waals surface area contributed by atoms with Crippen LogP contribution in [0.3, 0.4) is 0 Å². The highest BCUT2D eigenvalue weighted by molar-refractivity contribution is 6.00. The molecule has 1 aliphatic carbocycles. The third kappa shape index (κ3) is 2.25. The second kappa shape index (κ2) is 4.15. The van der Waals surface area contributed by atoms with Gasteiger partial charge in [-0.1, -0.05) is 5.16 Å². The van der Waals surface area contributed by atoms with Crippen LogP contribution >= 0.6 is 0 Å². The Hall–Kier alpha value is -1.79. The molecular formula is C11H12F3N3O. The van der Waals surface area contributed by atoms with Gasteiger partial charge in [-0.2, -0.15) is 13.2 Å². The second-order valence-electron chi connectivity index (χ2n) is 4.33. The zero-order valence-corrected chi connectivity index (χ0v) is 9.62. The number of aryl methyl sites for hydroxylation is 1. The maximum Gasteiger partial charge on any atom is 0.417 e. The number of nitrogens with two attached hydrogens (primary N) is 1. The van der Waals surface area contributed by atoms with E-state index in [-0.39, 0.29) is 22.9 Å². The summed E-state index contributed by atoms with van der Waals surface area (Å²) in [5.41, 5.74) is 4.73. The first kappa shape index (κ1) is 12.7. The lowest BCUT2D eigenvalue weighted by atomic mass is 10.0. The van der Waals surface area contributed by atoms with Crippen LogP contribution in [0.5, 0.6) is 0 Å². The zero-order chi connectivity index (χ0) is 13.5. The van der Waals surface area contributed by atoms with E-state index in [0.29, 0.717) is 0 Å². The molecule has 0 saturated heterocycles. The summed E-state index contributed by atoms with van der Waals surface area (Å²) >= 11 is 0. The fourth-order valence-corrected chi connectivity index (χ4v) is 1.89. The third-order valence-electron chi connectivity index (χ3n) is 2.81. The number of amidine groups is 1. The van der Waals surface area contributed by atoms with Crippen molar-refractivity contribution >= 4 is 5.84 Å². The SMILES string of the molecule is Cc1cc(C(F)(F)F)c(/C(N)=N/O)c(C2CC2)n1. The summed E-state index contributed by atoms with van der Waals surface area (Å²) in [4.78, 5) is 4.11. The minimum absolute atomic E-state index is 0.0266. The Morgan fingerprint density at radius 3 is 2.56 bits per heavy atom. The Morgan fingerprint density at radius 2 is 2.11 bits per heavy atom. The van der Waals surface area contributed by atoms with Crippen LogP contribution in [-0.4, -0.2) is 16.0 Å². The van der Waals surface area contributed by atoms with E-state index in [4.69, 9.17) is 10.9 Å². The van der Waals surface area contributed by atoms with Gasteiger partial charge in [-0.05, 0) is 25.8 Å². The molecule has 1 aromatic heterocycles. The molecule has 3 N–H and O–H groups in total. The highest BCUT2D eigenvalue weighted by Gasteiger charge is 2.39. The smallest absolute Gasteiger partial charge is 0.409 e. The van der Waals surface area contributed by atoms with Crippen molar-refractivity contribution in [3.63, 3.8) is 0 Å². The Bertz CT molecular complexity index is 507. The van der Waals surface area contributed by atoms with Crippen molar-refractivity contribution in [3.05, 3.63) is 28.6 Å². The molecule has 1 aromatic rings. The maximum absolute atomic E-state index is 13.0. The van der Waals surface area contributed by atoms with Crippen LogP contribution in [0, 0.1) is 6.92 Å². The van der Waals surface area contributed by atoms with E-state index >= 15 is 0 Å². The number of halogens is 3. The molecule has 2 rings (SSSR count). The minimum Gasteiger partial charge on any atom is -0.409 e. The van der Waals surface area contributed by atoms with Crippen LogP contribution in [0.15, 0.2) is 11.2 Å². The van der Waals surface area contributed by atoms with Crippen LogP contribution in [0.4, 0.5) is 13.2 Å². The molecular weight excluding hydrogens is 247 g/mol. The van der Waals surface area contributed by atoms with Crippen LogP contribution in [0.25, 0.3) is 0 Å². The van der Waals surface area contributed by atoms with Gasteiger partial charge in [0.05, 0.1) is 16.8 Å². The van der Waals surface area contributed by atoms with Gasteiger partial charge in [0.15, 0.2) is 5.84 Å². The summed E-state index contributed by atoms with van der Waals surface area (Å²) < 4.78 is 38.9. The van der Waals surface area contributed by atoms with Gasteiger partial charge < -0.3 is 10.9 Å². The molecule has 0 aromatic carbocycles. The first-order valence-corrected chi connectivity index (χ1v) is 5.41. The molecule has 0 unspecified atom stereocenters. The molecule has 1 aliphatic rings. The van der Waals surface area contributed by atoms with Crippen LogP contribution in [0.1, 0.15) is 41.3 Å². The molecule has 0 radical (unpaired) electrons. The maximum atomic E-state index is 13.0. The van der Waals surface area contributed by atoms with Gasteiger partial charge in [-0.25, -0.2) is 0 Å². The summed E-state index contributed by atoms with van der Waals surface area (Å²) in [6, 6.07) is 0.916. The lowest BCUT2D eigenvalue weighted by Gasteiger charge is -2.16. The highest BCUT2D eigenvalue weighted by atomic mass is 19.4. The predicted octanol–water partition coefficient (Wildman–Crippen LogP) is 2.38. The first-order chi connectivity index (χ1) is 8.34. The van der Waals surface area contributed by atoms with Crippen molar-refractivity contribution in [2.45, 2.75) is 31.9 Å². The number of pyridine rings is 1. The molecule has 1 fully saturated rings. The summed E-state index contributed by atoms with van der Waals surface area (Å²) in [6.45, 7) is 1.50. The van der Waals surface area contributed by atoms with Crippen molar-refractivity contribution in [2.75, 3.05) is 0 Å². The van der Waals surface area contributed by atoms with Crippen LogP contribution in [0.2, 0.25) is 0 Å². The number of rotatable bonds is 2. The van der Waals surface area contributed by atoms with Crippen LogP contribution in [-0.2, 0) is 6.18 Å². The molecule has 0 amide bonds. The fourth-order valence-electron chi connectivity index (χ4n) is 1.89. The predicted molar refractivity (Wildman–Crippen MR) is 58.5 cm³/mol. The van der Waals surface area contributed by atoms with Crippen molar-refractivity contribution < 1.29 is 18.4 Å². The normalized spacial score (nSPS) is 17.0. The molecule has 0 bridgehead atoms. The third-order valence-corrected chi connectivity index (χ3v) is 2.81. The largest absolute Gasteiger partial charge is 0.417 e.